The van der Waals surface area contributed by atoms with Crippen LogP contribution in [-0.2, 0) is 4.74 Å². The lowest BCUT2D eigenvalue weighted by molar-refractivity contribution is -0.274. The lowest BCUT2D eigenvalue weighted by Gasteiger charge is -2.09. The van der Waals surface area contributed by atoms with Crippen LogP contribution >= 0.6 is 22.6 Å². The van der Waals surface area contributed by atoms with Crippen LogP contribution in [0.2, 0.25) is 0 Å². The van der Waals surface area contributed by atoms with Crippen molar-refractivity contribution in [2.24, 2.45) is 0 Å². The summed E-state index contributed by atoms with van der Waals surface area (Å²) < 4.78 is 47.6. The van der Waals surface area contributed by atoms with Gasteiger partial charge in [0.05, 0.1) is 23.2 Å². The van der Waals surface area contributed by atoms with Gasteiger partial charge in [0.2, 0.25) is 0 Å². The molecule has 0 bridgehead atoms. The molecule has 136 valence electrons. The van der Waals surface area contributed by atoms with Crippen molar-refractivity contribution in [3.63, 3.8) is 0 Å². The predicted molar refractivity (Wildman–Crippen MR) is 94.2 cm³/mol. The molecular formula is C16H11F3IN3O3. The molecule has 0 spiro atoms. The maximum Gasteiger partial charge on any atom is 0.573 e. The van der Waals surface area contributed by atoms with Gasteiger partial charge in [0.1, 0.15) is 9.45 Å². The topological polar surface area (TPSA) is 66.2 Å². The highest BCUT2D eigenvalue weighted by atomic mass is 127. The van der Waals surface area contributed by atoms with Gasteiger partial charge in [0, 0.05) is 6.20 Å². The largest absolute Gasteiger partial charge is 0.573 e. The Kier molecular flexibility index (Phi) is 5.03. The smallest absolute Gasteiger partial charge is 0.462 e. The number of benzene rings is 1. The summed E-state index contributed by atoms with van der Waals surface area (Å²) in [5.74, 6) is -0.834. The molecular weight excluding hydrogens is 466 g/mol. The minimum Gasteiger partial charge on any atom is -0.462 e. The van der Waals surface area contributed by atoms with Gasteiger partial charge in [-0.3, -0.25) is 0 Å². The molecule has 0 aliphatic rings. The number of carbonyl (C=O) groups excluding carboxylic acids is 1. The van der Waals surface area contributed by atoms with Gasteiger partial charge in [-0.25, -0.2) is 14.5 Å². The quantitative estimate of drug-likeness (QED) is 0.419. The number of carbonyl (C=O) groups is 1. The molecule has 0 saturated heterocycles. The number of fused-ring (bicyclic) bond motifs is 1. The molecule has 0 unspecified atom stereocenters. The summed E-state index contributed by atoms with van der Waals surface area (Å²) in [7, 11) is 0. The Morgan fingerprint density at radius 1 is 1.23 bits per heavy atom. The molecule has 0 fully saturated rings. The van der Waals surface area contributed by atoms with Gasteiger partial charge in [-0.05, 0) is 59.8 Å². The highest BCUT2D eigenvalue weighted by Crippen LogP contribution is 2.28. The Morgan fingerprint density at radius 3 is 2.54 bits per heavy atom. The number of pyridine rings is 1. The van der Waals surface area contributed by atoms with Crippen molar-refractivity contribution in [3.8, 4) is 11.4 Å². The number of halogens is 4. The predicted octanol–water partition coefficient (Wildman–Crippen LogP) is 4.10. The van der Waals surface area contributed by atoms with Crippen LogP contribution in [0.5, 0.6) is 5.75 Å². The van der Waals surface area contributed by atoms with E-state index in [0.29, 0.717) is 26.0 Å². The molecule has 26 heavy (non-hydrogen) atoms. The molecule has 0 atom stereocenters. The van der Waals surface area contributed by atoms with Crippen LogP contribution in [0.1, 0.15) is 17.3 Å². The van der Waals surface area contributed by atoms with E-state index in [1.54, 1.807) is 6.92 Å². The average molecular weight is 477 g/mol. The zero-order valence-corrected chi connectivity index (χ0v) is 15.4. The van der Waals surface area contributed by atoms with Crippen LogP contribution in [0.15, 0.2) is 36.5 Å². The summed E-state index contributed by atoms with van der Waals surface area (Å²) in [4.78, 5) is 16.4. The van der Waals surface area contributed by atoms with Crippen molar-refractivity contribution < 1.29 is 27.4 Å². The standard InChI is InChI=1S/C16H11F3IN3O3/c1-2-25-15(24)11-7-8-21-14-12(11)13(20)22-23(14)9-3-5-10(6-4-9)26-16(17,18)19/h3-8H,2H2,1H3. The summed E-state index contributed by atoms with van der Waals surface area (Å²) in [5.41, 5.74) is 1.19. The molecule has 2 heterocycles. The molecule has 3 rings (SSSR count). The second-order valence-electron chi connectivity index (χ2n) is 5.02. The number of aromatic nitrogens is 3. The van der Waals surface area contributed by atoms with Crippen LogP contribution in [0.3, 0.4) is 0 Å². The van der Waals surface area contributed by atoms with E-state index in [2.05, 4.69) is 14.8 Å². The second kappa shape index (κ2) is 7.09. The number of nitrogens with zero attached hydrogens (tertiary/aromatic N) is 3. The van der Waals surface area contributed by atoms with Crippen molar-refractivity contribution in [1.29, 1.82) is 0 Å². The summed E-state index contributed by atoms with van der Waals surface area (Å²) in [6.07, 6.45) is -3.31. The van der Waals surface area contributed by atoms with Crippen LogP contribution in [-0.4, -0.2) is 33.7 Å². The fraction of sp³-hybridized carbons (Fsp3) is 0.188. The van der Waals surface area contributed by atoms with Gasteiger partial charge in [-0.1, -0.05) is 0 Å². The highest BCUT2D eigenvalue weighted by Gasteiger charge is 2.31. The fourth-order valence-corrected chi connectivity index (χ4v) is 3.10. The third-order valence-electron chi connectivity index (χ3n) is 3.34. The molecule has 0 saturated carbocycles. The number of hydrogen-bond donors (Lipinski definition) is 0. The third kappa shape index (κ3) is 3.74. The Labute approximate surface area is 159 Å². The number of rotatable bonds is 4. The molecule has 0 aliphatic carbocycles. The van der Waals surface area contributed by atoms with Gasteiger partial charge in [0.25, 0.3) is 0 Å². The van der Waals surface area contributed by atoms with Crippen molar-refractivity contribution in [1.82, 2.24) is 14.8 Å². The first-order valence-electron chi connectivity index (χ1n) is 7.36. The molecule has 1 aromatic carbocycles. The monoisotopic (exact) mass is 477 g/mol. The number of alkyl halides is 3. The van der Waals surface area contributed by atoms with Crippen LogP contribution < -0.4 is 4.74 Å². The molecule has 10 heteroatoms. The normalized spacial score (nSPS) is 11.6. The van der Waals surface area contributed by atoms with Gasteiger partial charge >= 0.3 is 12.3 Å². The van der Waals surface area contributed by atoms with Gasteiger partial charge in [-0.2, -0.15) is 5.10 Å². The number of ether oxygens (including phenoxy) is 2. The first-order chi connectivity index (χ1) is 12.3. The third-order valence-corrected chi connectivity index (χ3v) is 4.09. The molecule has 6 nitrogen and oxygen atoms in total. The van der Waals surface area contributed by atoms with Gasteiger partial charge < -0.3 is 9.47 Å². The second-order valence-corrected chi connectivity index (χ2v) is 6.04. The summed E-state index contributed by atoms with van der Waals surface area (Å²) >= 11 is 1.96. The Balaban J connectivity index is 2.04. The number of hydrogen-bond acceptors (Lipinski definition) is 5. The van der Waals surface area contributed by atoms with Crippen molar-refractivity contribution in [2.45, 2.75) is 13.3 Å². The van der Waals surface area contributed by atoms with Crippen LogP contribution in [0.25, 0.3) is 16.7 Å². The Hall–Kier alpha value is -2.37. The molecule has 2 aromatic heterocycles. The van der Waals surface area contributed by atoms with Crippen molar-refractivity contribution >= 4 is 39.6 Å². The zero-order valence-electron chi connectivity index (χ0n) is 13.2. The maximum atomic E-state index is 12.3. The summed E-state index contributed by atoms with van der Waals surface area (Å²) in [6.45, 7) is 1.93. The van der Waals surface area contributed by atoms with E-state index in [4.69, 9.17) is 4.74 Å². The Morgan fingerprint density at radius 2 is 1.92 bits per heavy atom. The summed E-state index contributed by atoms with van der Waals surface area (Å²) in [6, 6.07) is 6.73. The molecule has 0 aliphatic heterocycles. The van der Waals surface area contributed by atoms with Gasteiger partial charge in [-0.15, -0.1) is 13.2 Å². The zero-order chi connectivity index (χ0) is 18.9. The van der Waals surface area contributed by atoms with E-state index in [-0.39, 0.29) is 12.4 Å². The van der Waals surface area contributed by atoms with E-state index in [1.807, 2.05) is 22.6 Å². The SMILES string of the molecule is CCOC(=O)c1ccnc2c1c(I)nn2-c1ccc(OC(F)(F)F)cc1. The van der Waals surface area contributed by atoms with E-state index in [0.717, 1.165) is 0 Å². The average Bonchev–Trinajstić information content (AvgIpc) is 2.91. The number of esters is 1. The fourth-order valence-electron chi connectivity index (χ4n) is 2.35. The van der Waals surface area contributed by atoms with E-state index in [9.17, 15) is 18.0 Å². The van der Waals surface area contributed by atoms with E-state index >= 15 is 0 Å². The van der Waals surface area contributed by atoms with Gasteiger partial charge in [0.15, 0.2) is 5.65 Å². The Bertz CT molecular complexity index is 955. The molecule has 0 amide bonds. The lowest BCUT2D eigenvalue weighted by atomic mass is 10.2. The summed E-state index contributed by atoms with van der Waals surface area (Å²) in [5, 5.41) is 4.85. The van der Waals surface area contributed by atoms with Crippen LogP contribution in [0.4, 0.5) is 13.2 Å². The van der Waals surface area contributed by atoms with Crippen molar-refractivity contribution in [2.75, 3.05) is 6.61 Å². The van der Waals surface area contributed by atoms with E-state index in [1.165, 1.54) is 41.2 Å². The first kappa shape index (κ1) is 18.4. The first-order valence-corrected chi connectivity index (χ1v) is 8.44. The minimum absolute atomic E-state index is 0.230. The lowest BCUT2D eigenvalue weighted by Crippen LogP contribution is -2.17. The molecule has 0 radical (unpaired) electrons. The molecule has 0 N–H and O–H groups in total. The minimum atomic E-state index is -4.76. The van der Waals surface area contributed by atoms with Crippen LogP contribution in [0, 0.1) is 3.70 Å². The molecule has 3 aromatic rings. The van der Waals surface area contributed by atoms with E-state index < -0.39 is 12.3 Å². The van der Waals surface area contributed by atoms with Crippen molar-refractivity contribution in [3.05, 3.63) is 45.8 Å². The maximum absolute atomic E-state index is 12.3. The highest BCUT2D eigenvalue weighted by molar-refractivity contribution is 14.1.